The molecule has 0 fully saturated rings. The van der Waals surface area contributed by atoms with E-state index in [0.717, 1.165) is 0 Å². The average Bonchev–Trinajstić information content (AvgIpc) is 3.16. The largest absolute Gasteiger partial charge is 0.0942 e. The zero-order valence-corrected chi connectivity index (χ0v) is 38.4. The van der Waals surface area contributed by atoms with Crippen molar-refractivity contribution in [3.8, 4) is 0 Å². The summed E-state index contributed by atoms with van der Waals surface area (Å²) < 4.78 is 0. The highest BCUT2D eigenvalue weighted by Gasteiger charge is 1.99. The molecule has 0 spiro atoms. The SMILES string of the molecule is CCCCCCCCCCCCCCCCCCCCCCCCCSSCCCCCCCCCCCCCCCCCCCCCCCCC. The van der Waals surface area contributed by atoms with Crippen LogP contribution in [-0.2, 0) is 0 Å². The first-order chi connectivity index (χ1) is 25.9. The minimum Gasteiger partial charge on any atom is -0.0942 e. The smallest absolute Gasteiger partial charge is 0.00369 e. The summed E-state index contributed by atoms with van der Waals surface area (Å²) in [6, 6.07) is 0. The van der Waals surface area contributed by atoms with Crippen LogP contribution in [0.3, 0.4) is 0 Å². The molecular weight excluding hydrogens is 665 g/mol. The minimum atomic E-state index is 1.37. The molecule has 0 rings (SSSR count). The van der Waals surface area contributed by atoms with Crippen molar-refractivity contribution in [2.45, 2.75) is 309 Å². The molecule has 0 heterocycles. The molecular formula is C50H102S2. The molecule has 0 aromatic heterocycles. The van der Waals surface area contributed by atoms with Gasteiger partial charge >= 0.3 is 0 Å². The maximum Gasteiger partial charge on any atom is 0.00369 e. The molecule has 0 saturated carbocycles. The van der Waals surface area contributed by atoms with Crippen molar-refractivity contribution in [2.24, 2.45) is 0 Å². The van der Waals surface area contributed by atoms with Gasteiger partial charge in [-0.05, 0) is 12.8 Å². The molecule has 0 amide bonds. The van der Waals surface area contributed by atoms with E-state index in [1.54, 1.807) is 0 Å². The first-order valence-corrected chi connectivity index (χ1v) is 27.6. The molecule has 0 bridgehead atoms. The molecule has 0 aliphatic heterocycles. The van der Waals surface area contributed by atoms with Gasteiger partial charge in [0.15, 0.2) is 0 Å². The normalized spacial score (nSPS) is 11.7. The van der Waals surface area contributed by atoms with Crippen molar-refractivity contribution in [3.63, 3.8) is 0 Å². The van der Waals surface area contributed by atoms with Crippen LogP contribution in [0.25, 0.3) is 0 Å². The Morgan fingerprint density at radius 1 is 0.154 bits per heavy atom. The lowest BCUT2D eigenvalue weighted by atomic mass is 10.0. The Hall–Kier alpha value is 0.700. The quantitative estimate of drug-likeness (QED) is 0.0447. The predicted octanol–water partition coefficient (Wildman–Crippen LogP) is 20.4. The second-order valence-electron chi connectivity index (χ2n) is 17.2. The lowest BCUT2D eigenvalue weighted by molar-refractivity contribution is 0.519. The van der Waals surface area contributed by atoms with Crippen LogP contribution < -0.4 is 0 Å². The molecule has 0 aromatic carbocycles. The molecule has 0 saturated heterocycles. The highest BCUT2D eigenvalue weighted by molar-refractivity contribution is 8.76. The minimum absolute atomic E-state index is 1.37. The Morgan fingerprint density at radius 2 is 0.269 bits per heavy atom. The number of hydrogen-bond donors (Lipinski definition) is 0. The van der Waals surface area contributed by atoms with Crippen LogP contribution in [0.5, 0.6) is 0 Å². The van der Waals surface area contributed by atoms with Crippen LogP contribution in [0.4, 0.5) is 0 Å². The molecule has 0 aliphatic carbocycles. The molecule has 0 radical (unpaired) electrons. The maximum absolute atomic E-state index is 2.31. The summed E-state index contributed by atoms with van der Waals surface area (Å²) >= 11 is 0. The van der Waals surface area contributed by atoms with E-state index in [1.807, 2.05) is 0 Å². The van der Waals surface area contributed by atoms with Crippen molar-refractivity contribution in [3.05, 3.63) is 0 Å². The second kappa shape index (κ2) is 51.7. The van der Waals surface area contributed by atoms with Crippen molar-refractivity contribution in [1.82, 2.24) is 0 Å². The number of unbranched alkanes of at least 4 members (excludes halogenated alkanes) is 44. The van der Waals surface area contributed by atoms with Crippen molar-refractivity contribution in [2.75, 3.05) is 11.5 Å². The molecule has 314 valence electrons. The molecule has 0 N–H and O–H groups in total. The van der Waals surface area contributed by atoms with Crippen molar-refractivity contribution >= 4 is 21.6 Å². The fraction of sp³-hybridized carbons (Fsp3) is 1.00. The predicted molar refractivity (Wildman–Crippen MR) is 249 cm³/mol. The maximum atomic E-state index is 2.31. The molecule has 0 nitrogen and oxygen atoms in total. The van der Waals surface area contributed by atoms with Gasteiger partial charge in [-0.25, -0.2) is 0 Å². The van der Waals surface area contributed by atoms with Crippen LogP contribution in [-0.4, -0.2) is 11.5 Å². The van der Waals surface area contributed by atoms with Gasteiger partial charge in [-0.3, -0.25) is 0 Å². The van der Waals surface area contributed by atoms with E-state index >= 15 is 0 Å². The summed E-state index contributed by atoms with van der Waals surface area (Å²) in [5.74, 6) is 2.76. The Morgan fingerprint density at radius 3 is 0.404 bits per heavy atom. The van der Waals surface area contributed by atoms with Gasteiger partial charge in [0.2, 0.25) is 0 Å². The summed E-state index contributed by atoms with van der Waals surface area (Å²) in [4.78, 5) is 0. The first-order valence-electron chi connectivity index (χ1n) is 25.2. The van der Waals surface area contributed by atoms with Crippen molar-refractivity contribution in [1.29, 1.82) is 0 Å². The molecule has 0 unspecified atom stereocenters. The fourth-order valence-corrected chi connectivity index (χ4v) is 10.3. The van der Waals surface area contributed by atoms with E-state index in [2.05, 4.69) is 35.4 Å². The summed E-state index contributed by atoms with van der Waals surface area (Å²) in [5, 5.41) is 0. The lowest BCUT2D eigenvalue weighted by Crippen LogP contribution is -1.85. The number of rotatable bonds is 49. The van der Waals surface area contributed by atoms with Gasteiger partial charge in [0.05, 0.1) is 0 Å². The van der Waals surface area contributed by atoms with Gasteiger partial charge in [0.1, 0.15) is 0 Å². The van der Waals surface area contributed by atoms with Crippen LogP contribution >= 0.6 is 21.6 Å². The average molecular weight is 767 g/mol. The van der Waals surface area contributed by atoms with Crippen LogP contribution in [0, 0.1) is 0 Å². The molecule has 2 heteroatoms. The van der Waals surface area contributed by atoms with E-state index < -0.39 is 0 Å². The van der Waals surface area contributed by atoms with Crippen LogP contribution in [0.1, 0.15) is 309 Å². The van der Waals surface area contributed by atoms with Gasteiger partial charge in [0, 0.05) is 11.5 Å². The number of hydrogen-bond acceptors (Lipinski definition) is 2. The topological polar surface area (TPSA) is 0 Å². The summed E-state index contributed by atoms with van der Waals surface area (Å²) in [6.07, 6.45) is 68.0. The summed E-state index contributed by atoms with van der Waals surface area (Å²) in [7, 11) is 4.31. The van der Waals surface area contributed by atoms with Gasteiger partial charge in [-0.1, -0.05) is 318 Å². The lowest BCUT2D eigenvalue weighted by Gasteiger charge is -2.05. The Kier molecular flexibility index (Phi) is 52.4. The van der Waals surface area contributed by atoms with E-state index in [-0.39, 0.29) is 0 Å². The second-order valence-corrected chi connectivity index (χ2v) is 19.9. The molecule has 0 atom stereocenters. The monoisotopic (exact) mass is 767 g/mol. The molecule has 0 aromatic rings. The van der Waals surface area contributed by atoms with E-state index in [4.69, 9.17) is 0 Å². The van der Waals surface area contributed by atoms with Crippen LogP contribution in [0.15, 0.2) is 0 Å². The zero-order valence-electron chi connectivity index (χ0n) is 36.8. The van der Waals surface area contributed by atoms with Crippen LogP contribution in [0.2, 0.25) is 0 Å². The van der Waals surface area contributed by atoms with Gasteiger partial charge in [0.25, 0.3) is 0 Å². The summed E-state index contributed by atoms with van der Waals surface area (Å²) in [5.41, 5.74) is 0. The van der Waals surface area contributed by atoms with Crippen molar-refractivity contribution < 1.29 is 0 Å². The Labute approximate surface area is 340 Å². The highest BCUT2D eigenvalue weighted by Crippen LogP contribution is 2.25. The van der Waals surface area contributed by atoms with E-state index in [9.17, 15) is 0 Å². The third kappa shape index (κ3) is 50.7. The fourth-order valence-electron chi connectivity index (χ4n) is 8.01. The Balaban J connectivity index is 3.04. The molecule has 0 aliphatic rings. The first kappa shape index (κ1) is 52.7. The van der Waals surface area contributed by atoms with Gasteiger partial charge < -0.3 is 0 Å². The van der Waals surface area contributed by atoms with Gasteiger partial charge in [-0.15, -0.1) is 0 Å². The van der Waals surface area contributed by atoms with Gasteiger partial charge in [-0.2, -0.15) is 0 Å². The highest BCUT2D eigenvalue weighted by atomic mass is 33.1. The molecule has 52 heavy (non-hydrogen) atoms. The summed E-state index contributed by atoms with van der Waals surface area (Å²) in [6.45, 7) is 4.62. The van der Waals surface area contributed by atoms with E-state index in [1.165, 1.54) is 307 Å². The zero-order chi connectivity index (χ0) is 37.4. The third-order valence-corrected chi connectivity index (χ3v) is 14.3. The Bertz CT molecular complexity index is 527. The van der Waals surface area contributed by atoms with E-state index in [0.29, 0.717) is 0 Å². The standard InChI is InChI=1S/C50H102S2/c1-3-5-7-9-11-13-15-17-19-21-23-25-27-29-31-33-35-37-39-41-43-45-47-49-51-52-50-48-46-44-42-40-38-36-34-32-30-28-26-24-22-20-18-16-14-12-10-8-6-4-2/h3-50H2,1-2H3. The third-order valence-electron chi connectivity index (χ3n) is 11.7.